The molecule has 30 heavy (non-hydrogen) atoms. The first kappa shape index (κ1) is 22.5. The number of aromatic nitrogens is 2. The molecule has 0 bridgehead atoms. The van der Waals surface area contributed by atoms with Gasteiger partial charge >= 0.3 is 0 Å². The molecule has 160 valence electrons. The van der Waals surface area contributed by atoms with Crippen LogP contribution < -0.4 is 11.1 Å². The Hall–Kier alpha value is -2.23. The quantitative estimate of drug-likeness (QED) is 0.680. The molecule has 3 rings (SSSR count). The number of nitrogens with zero attached hydrogens (tertiary/aromatic N) is 3. The third-order valence-corrected chi connectivity index (χ3v) is 8.51. The van der Waals surface area contributed by atoms with E-state index in [2.05, 4.69) is 22.0 Å². The van der Waals surface area contributed by atoms with Gasteiger partial charge in [-0.1, -0.05) is 24.3 Å². The molecular weight excluding hydrogens is 442 g/mol. The van der Waals surface area contributed by atoms with E-state index in [9.17, 15) is 9.00 Å². The molecule has 2 aromatic rings. The van der Waals surface area contributed by atoms with Gasteiger partial charge in [0.2, 0.25) is 0 Å². The van der Waals surface area contributed by atoms with E-state index < -0.39 is 21.6 Å². The lowest BCUT2D eigenvalue weighted by Crippen LogP contribution is -2.47. The molecule has 2 aromatic heterocycles. The number of nitrogens with one attached hydrogen (secondary N) is 1. The highest BCUT2D eigenvalue weighted by atomic mass is 35.5. The number of hydrogen-bond donors (Lipinski definition) is 2. The molecule has 2 unspecified atom stereocenters. The molecule has 10 heteroatoms. The van der Waals surface area contributed by atoms with E-state index in [1.54, 1.807) is 23.1 Å². The highest BCUT2D eigenvalue weighted by Crippen LogP contribution is 2.38. The van der Waals surface area contributed by atoms with Crippen molar-refractivity contribution >= 4 is 57.8 Å². The van der Waals surface area contributed by atoms with E-state index >= 15 is 0 Å². The molecule has 0 radical (unpaired) electrons. The van der Waals surface area contributed by atoms with E-state index in [-0.39, 0.29) is 5.91 Å². The molecule has 0 fully saturated rings. The standard InChI is InChI=1S/C20H24ClN5O2S2/c1-5-7-15-12(10-24-26(15)6-2)9-23-18(27)16-8-13(21)17(29-16)14-11-30(28)20(3,4)19(22)25-14/h5-8,10,14H,2,9,11H2,1,3-4H3,(H2,22,25)(H,23,27)/b7-5-. The van der Waals surface area contributed by atoms with Gasteiger partial charge < -0.3 is 11.1 Å². The number of halogens is 1. The predicted molar refractivity (Wildman–Crippen MR) is 125 cm³/mol. The van der Waals surface area contributed by atoms with Crippen molar-refractivity contribution in [1.29, 1.82) is 0 Å². The average Bonchev–Trinajstić information content (AvgIpc) is 3.28. The number of allylic oxidation sites excluding steroid dienone is 1. The van der Waals surface area contributed by atoms with Gasteiger partial charge in [-0.25, -0.2) is 4.68 Å². The van der Waals surface area contributed by atoms with Gasteiger partial charge in [0.05, 0.1) is 38.3 Å². The summed E-state index contributed by atoms with van der Waals surface area (Å²) in [4.78, 5) is 18.4. The number of thiophene rings is 1. The van der Waals surface area contributed by atoms with Gasteiger partial charge in [-0.2, -0.15) is 5.10 Å². The van der Waals surface area contributed by atoms with E-state index in [4.69, 9.17) is 17.3 Å². The van der Waals surface area contributed by atoms with Gasteiger partial charge in [-0.05, 0) is 32.9 Å². The number of hydrogen-bond acceptors (Lipinski definition) is 6. The van der Waals surface area contributed by atoms with Crippen LogP contribution in [0.4, 0.5) is 0 Å². The van der Waals surface area contributed by atoms with Crippen LogP contribution in [0.5, 0.6) is 0 Å². The minimum Gasteiger partial charge on any atom is -0.386 e. The second kappa shape index (κ2) is 8.87. The largest absolute Gasteiger partial charge is 0.386 e. The van der Waals surface area contributed by atoms with Crippen molar-refractivity contribution in [3.05, 3.63) is 51.0 Å². The fourth-order valence-electron chi connectivity index (χ4n) is 2.98. The molecule has 1 aliphatic rings. The summed E-state index contributed by atoms with van der Waals surface area (Å²) in [6.07, 6.45) is 7.10. The number of carbonyl (C=O) groups is 1. The minimum absolute atomic E-state index is 0.250. The summed E-state index contributed by atoms with van der Waals surface area (Å²) in [5.41, 5.74) is 7.75. The van der Waals surface area contributed by atoms with Crippen LogP contribution in [-0.2, 0) is 17.3 Å². The van der Waals surface area contributed by atoms with E-state index in [0.717, 1.165) is 11.3 Å². The lowest BCUT2D eigenvalue weighted by Gasteiger charge is -2.30. The molecule has 0 saturated carbocycles. The summed E-state index contributed by atoms with van der Waals surface area (Å²) in [6.45, 7) is 9.57. The van der Waals surface area contributed by atoms with Gasteiger partial charge in [0.15, 0.2) is 0 Å². The molecular formula is C20H24ClN5O2S2. The van der Waals surface area contributed by atoms with Crippen LogP contribution in [0.3, 0.4) is 0 Å². The first-order valence-electron chi connectivity index (χ1n) is 9.30. The molecule has 0 aliphatic carbocycles. The number of carbonyl (C=O) groups excluding carboxylic acids is 1. The fraction of sp³-hybridized carbons (Fsp3) is 0.350. The summed E-state index contributed by atoms with van der Waals surface area (Å²) < 4.78 is 13.5. The summed E-state index contributed by atoms with van der Waals surface area (Å²) >= 11 is 7.63. The molecule has 3 N–H and O–H groups in total. The normalized spacial score (nSPS) is 20.9. The van der Waals surface area contributed by atoms with Gasteiger partial charge in [0.25, 0.3) is 5.91 Å². The lowest BCUT2D eigenvalue weighted by atomic mass is 10.1. The van der Waals surface area contributed by atoms with Crippen molar-refractivity contribution in [3.63, 3.8) is 0 Å². The highest BCUT2D eigenvalue weighted by Gasteiger charge is 2.38. The molecule has 0 spiro atoms. The van der Waals surface area contributed by atoms with Crippen LogP contribution in [0.15, 0.2) is 29.9 Å². The Labute approximate surface area is 187 Å². The van der Waals surface area contributed by atoms with Crippen molar-refractivity contribution < 1.29 is 9.00 Å². The van der Waals surface area contributed by atoms with Crippen molar-refractivity contribution in [2.75, 3.05) is 5.75 Å². The van der Waals surface area contributed by atoms with E-state index in [0.29, 0.717) is 32.9 Å². The number of rotatable bonds is 6. The molecule has 0 aromatic carbocycles. The Kier molecular flexibility index (Phi) is 6.64. The number of aliphatic imine (C=N–C) groups is 1. The summed E-state index contributed by atoms with van der Waals surface area (Å²) in [7, 11) is -1.18. The Bertz CT molecular complexity index is 1070. The monoisotopic (exact) mass is 465 g/mol. The summed E-state index contributed by atoms with van der Waals surface area (Å²) in [5, 5.41) is 7.56. The minimum atomic E-state index is -1.18. The van der Waals surface area contributed by atoms with Crippen molar-refractivity contribution in [2.24, 2.45) is 10.7 Å². The highest BCUT2D eigenvalue weighted by molar-refractivity contribution is 7.87. The van der Waals surface area contributed by atoms with E-state index in [1.165, 1.54) is 11.3 Å². The Morgan fingerprint density at radius 1 is 1.57 bits per heavy atom. The first-order valence-corrected chi connectivity index (χ1v) is 11.8. The maximum atomic E-state index is 12.7. The lowest BCUT2D eigenvalue weighted by molar-refractivity contribution is 0.0955. The van der Waals surface area contributed by atoms with Crippen molar-refractivity contribution in [2.45, 2.75) is 38.1 Å². The molecule has 1 aliphatic heterocycles. The second-order valence-corrected chi connectivity index (χ2v) is 10.8. The maximum Gasteiger partial charge on any atom is 0.261 e. The zero-order valence-corrected chi connectivity index (χ0v) is 19.4. The first-order chi connectivity index (χ1) is 14.2. The van der Waals surface area contributed by atoms with Crippen molar-refractivity contribution in [1.82, 2.24) is 15.1 Å². The van der Waals surface area contributed by atoms with Crippen LogP contribution >= 0.6 is 22.9 Å². The van der Waals surface area contributed by atoms with E-state index in [1.807, 2.05) is 32.9 Å². The van der Waals surface area contributed by atoms with Gasteiger partial charge in [-0.15, -0.1) is 11.3 Å². The Balaban J connectivity index is 1.77. The summed E-state index contributed by atoms with van der Waals surface area (Å²) in [6, 6.07) is 1.20. The third-order valence-electron chi connectivity index (χ3n) is 4.88. The Morgan fingerprint density at radius 2 is 2.30 bits per heavy atom. The molecule has 3 heterocycles. The van der Waals surface area contributed by atoms with Crippen LogP contribution in [-0.4, -0.2) is 36.2 Å². The van der Waals surface area contributed by atoms with Crippen LogP contribution in [0.1, 0.15) is 52.6 Å². The van der Waals surface area contributed by atoms with Crippen LogP contribution in [0, 0.1) is 0 Å². The molecule has 0 saturated heterocycles. The van der Waals surface area contributed by atoms with Crippen LogP contribution in [0.2, 0.25) is 5.02 Å². The SMILES string of the molecule is C=Cn1ncc(CNC(=O)c2cc(Cl)c(C3CS(=O)C(C)(C)C(N)=N3)s2)c1/C=C\C. The molecule has 7 nitrogen and oxygen atoms in total. The fourth-order valence-corrected chi connectivity index (χ4v) is 5.74. The number of amides is 1. The molecule has 2 atom stereocenters. The Morgan fingerprint density at radius 3 is 2.93 bits per heavy atom. The number of amidine groups is 1. The average molecular weight is 466 g/mol. The van der Waals surface area contributed by atoms with Gasteiger partial charge in [0.1, 0.15) is 5.84 Å². The third kappa shape index (κ3) is 4.28. The summed E-state index contributed by atoms with van der Waals surface area (Å²) in [5.74, 6) is 0.408. The zero-order chi connectivity index (χ0) is 22.1. The smallest absolute Gasteiger partial charge is 0.261 e. The van der Waals surface area contributed by atoms with Crippen LogP contribution in [0.25, 0.3) is 12.3 Å². The van der Waals surface area contributed by atoms with Crippen molar-refractivity contribution in [3.8, 4) is 0 Å². The second-order valence-electron chi connectivity index (χ2n) is 7.24. The zero-order valence-electron chi connectivity index (χ0n) is 17.0. The maximum absolute atomic E-state index is 12.7. The van der Waals surface area contributed by atoms with Gasteiger partial charge in [0, 0.05) is 34.0 Å². The number of nitrogens with two attached hydrogens (primary N) is 1. The topological polar surface area (TPSA) is 102 Å². The van der Waals surface area contributed by atoms with Gasteiger partial charge in [-0.3, -0.25) is 14.0 Å². The molecule has 1 amide bonds. The predicted octanol–water partition coefficient (Wildman–Crippen LogP) is 3.60.